The molecule has 0 unspecified atom stereocenters. The molecule has 0 atom stereocenters. The van der Waals surface area contributed by atoms with Crippen LogP contribution in [-0.4, -0.2) is 21.6 Å². The molecule has 0 saturated carbocycles. The summed E-state index contributed by atoms with van der Waals surface area (Å²) in [4.78, 5) is 6.81. The van der Waals surface area contributed by atoms with Gasteiger partial charge in [-0.15, -0.1) is 0 Å². The summed E-state index contributed by atoms with van der Waals surface area (Å²) in [6.07, 6.45) is 1.82. The quantitative estimate of drug-likeness (QED) is 0.874. The highest BCUT2D eigenvalue weighted by molar-refractivity contribution is 5.51. The summed E-state index contributed by atoms with van der Waals surface area (Å²) in [6.45, 7) is 6.91. The minimum absolute atomic E-state index is 0.531. The lowest BCUT2D eigenvalue weighted by Gasteiger charge is -2.28. The van der Waals surface area contributed by atoms with Crippen molar-refractivity contribution in [1.29, 1.82) is 0 Å². The number of nitrogen functional groups attached to an aromatic ring is 1. The Morgan fingerprint density at radius 3 is 3.05 bits per heavy atom. The van der Waals surface area contributed by atoms with Crippen LogP contribution in [0.1, 0.15) is 36.7 Å². The zero-order valence-electron chi connectivity index (χ0n) is 12.7. The summed E-state index contributed by atoms with van der Waals surface area (Å²) in [5, 5.41) is 4.08. The molecule has 1 aromatic heterocycles. The van der Waals surface area contributed by atoms with E-state index >= 15 is 0 Å². The highest BCUT2D eigenvalue weighted by Crippen LogP contribution is 2.24. The second kappa shape index (κ2) is 5.85. The van der Waals surface area contributed by atoms with Crippen LogP contribution in [0, 0.1) is 5.92 Å². The first-order chi connectivity index (χ1) is 10.1. The van der Waals surface area contributed by atoms with Gasteiger partial charge < -0.3 is 10.3 Å². The highest BCUT2D eigenvalue weighted by atomic mass is 16.5. The highest BCUT2D eigenvalue weighted by Gasteiger charge is 2.19. The monoisotopic (exact) mass is 286 g/mol. The van der Waals surface area contributed by atoms with Gasteiger partial charge in [0, 0.05) is 25.2 Å². The number of anilines is 1. The van der Waals surface area contributed by atoms with Gasteiger partial charge in [-0.2, -0.15) is 4.98 Å². The lowest BCUT2D eigenvalue weighted by Crippen LogP contribution is -2.30. The Morgan fingerprint density at radius 1 is 1.38 bits per heavy atom. The first kappa shape index (κ1) is 14.1. The van der Waals surface area contributed by atoms with Crippen molar-refractivity contribution in [1.82, 2.24) is 15.0 Å². The Bertz CT molecular complexity index is 620. The zero-order valence-corrected chi connectivity index (χ0v) is 12.7. The zero-order chi connectivity index (χ0) is 14.8. The van der Waals surface area contributed by atoms with Gasteiger partial charge in [0.1, 0.15) is 0 Å². The molecule has 0 saturated heterocycles. The van der Waals surface area contributed by atoms with Gasteiger partial charge >= 0.3 is 0 Å². The summed E-state index contributed by atoms with van der Waals surface area (Å²) < 4.78 is 5.30. The van der Waals surface area contributed by atoms with Crippen molar-refractivity contribution >= 4 is 5.69 Å². The van der Waals surface area contributed by atoms with Crippen LogP contribution in [0.15, 0.2) is 22.7 Å². The molecule has 5 heteroatoms. The van der Waals surface area contributed by atoms with E-state index in [1.165, 1.54) is 11.1 Å². The average molecular weight is 286 g/mol. The van der Waals surface area contributed by atoms with Gasteiger partial charge in [-0.1, -0.05) is 31.1 Å². The van der Waals surface area contributed by atoms with E-state index in [4.69, 9.17) is 10.3 Å². The third-order valence-corrected chi connectivity index (χ3v) is 3.84. The first-order valence-electron chi connectivity index (χ1n) is 7.52. The molecular formula is C16H22N4O. The second-order valence-corrected chi connectivity index (χ2v) is 6.15. The Kier molecular flexibility index (Phi) is 3.92. The fraction of sp³-hybridized carbons (Fsp3) is 0.500. The van der Waals surface area contributed by atoms with E-state index < -0.39 is 0 Å². The van der Waals surface area contributed by atoms with E-state index in [0.717, 1.165) is 49.9 Å². The van der Waals surface area contributed by atoms with Gasteiger partial charge in [0.05, 0.1) is 6.54 Å². The van der Waals surface area contributed by atoms with E-state index in [-0.39, 0.29) is 0 Å². The molecule has 0 fully saturated rings. The lowest BCUT2D eigenvalue weighted by molar-refractivity contribution is 0.235. The maximum atomic E-state index is 6.03. The van der Waals surface area contributed by atoms with Crippen molar-refractivity contribution < 1.29 is 4.52 Å². The normalized spacial score (nSPS) is 15.4. The number of hydrogen-bond donors (Lipinski definition) is 1. The predicted octanol–water partition coefficient (Wildman–Crippen LogP) is 2.41. The molecule has 1 aliphatic rings. The van der Waals surface area contributed by atoms with Gasteiger partial charge in [0.15, 0.2) is 5.82 Å². The van der Waals surface area contributed by atoms with E-state index in [2.05, 4.69) is 35.0 Å². The summed E-state index contributed by atoms with van der Waals surface area (Å²) in [5.74, 6) is 2.04. The standard InChI is InChI=1S/C16H22N4O/c1-11(2)8-16-18-15(19-21-16)10-20-7-6-13-12(9-20)4-3-5-14(13)17/h3-5,11H,6-10,17H2,1-2H3. The van der Waals surface area contributed by atoms with Gasteiger partial charge in [0.2, 0.25) is 5.89 Å². The average Bonchev–Trinajstić information content (AvgIpc) is 2.85. The van der Waals surface area contributed by atoms with E-state index in [1.807, 2.05) is 12.1 Å². The molecule has 0 amide bonds. The van der Waals surface area contributed by atoms with Gasteiger partial charge in [0.25, 0.3) is 0 Å². The van der Waals surface area contributed by atoms with Crippen molar-refractivity contribution in [2.75, 3.05) is 12.3 Å². The molecular weight excluding hydrogens is 264 g/mol. The summed E-state index contributed by atoms with van der Waals surface area (Å²) in [6, 6.07) is 6.15. The topological polar surface area (TPSA) is 68.2 Å². The number of aromatic nitrogens is 2. The van der Waals surface area contributed by atoms with E-state index in [0.29, 0.717) is 5.92 Å². The van der Waals surface area contributed by atoms with E-state index in [1.54, 1.807) is 0 Å². The van der Waals surface area contributed by atoms with Crippen molar-refractivity contribution in [3.05, 3.63) is 41.0 Å². The first-order valence-corrected chi connectivity index (χ1v) is 7.52. The Balaban J connectivity index is 1.66. The van der Waals surface area contributed by atoms with Crippen LogP contribution in [0.3, 0.4) is 0 Å². The lowest BCUT2D eigenvalue weighted by atomic mass is 9.98. The molecule has 5 nitrogen and oxygen atoms in total. The van der Waals surface area contributed by atoms with Crippen LogP contribution in [0.5, 0.6) is 0 Å². The Morgan fingerprint density at radius 2 is 2.24 bits per heavy atom. The van der Waals surface area contributed by atoms with Crippen LogP contribution in [0.25, 0.3) is 0 Å². The molecule has 2 heterocycles. The summed E-state index contributed by atoms with van der Waals surface area (Å²) in [7, 11) is 0. The SMILES string of the molecule is CC(C)Cc1nc(CN2CCc3c(N)cccc3C2)no1. The van der Waals surface area contributed by atoms with Gasteiger partial charge in [-0.05, 0) is 29.5 Å². The van der Waals surface area contributed by atoms with Crippen LogP contribution in [0.2, 0.25) is 0 Å². The molecule has 21 heavy (non-hydrogen) atoms. The minimum atomic E-state index is 0.531. The van der Waals surface area contributed by atoms with Crippen LogP contribution >= 0.6 is 0 Å². The van der Waals surface area contributed by atoms with Crippen LogP contribution in [0.4, 0.5) is 5.69 Å². The van der Waals surface area contributed by atoms with Crippen molar-refractivity contribution in [3.8, 4) is 0 Å². The largest absolute Gasteiger partial charge is 0.398 e. The van der Waals surface area contributed by atoms with Crippen LogP contribution in [-0.2, 0) is 25.9 Å². The maximum absolute atomic E-state index is 6.03. The maximum Gasteiger partial charge on any atom is 0.226 e. The predicted molar refractivity (Wildman–Crippen MR) is 81.5 cm³/mol. The molecule has 0 radical (unpaired) electrons. The van der Waals surface area contributed by atoms with Crippen LogP contribution < -0.4 is 5.73 Å². The molecule has 3 rings (SSSR count). The van der Waals surface area contributed by atoms with Crippen molar-refractivity contribution in [2.24, 2.45) is 5.92 Å². The number of rotatable bonds is 4. The molecule has 0 bridgehead atoms. The number of fused-ring (bicyclic) bond motifs is 1. The third-order valence-electron chi connectivity index (χ3n) is 3.84. The number of nitrogens with zero attached hydrogens (tertiary/aromatic N) is 3. The van der Waals surface area contributed by atoms with Gasteiger partial charge in [-0.3, -0.25) is 4.90 Å². The fourth-order valence-corrected chi connectivity index (χ4v) is 2.82. The molecule has 112 valence electrons. The van der Waals surface area contributed by atoms with Gasteiger partial charge in [-0.25, -0.2) is 0 Å². The number of hydrogen-bond acceptors (Lipinski definition) is 5. The summed E-state index contributed by atoms with van der Waals surface area (Å²) in [5.41, 5.74) is 9.55. The third kappa shape index (κ3) is 3.24. The van der Waals surface area contributed by atoms with Crippen molar-refractivity contribution in [2.45, 2.75) is 39.8 Å². The van der Waals surface area contributed by atoms with Crippen molar-refractivity contribution in [3.63, 3.8) is 0 Å². The Labute approximate surface area is 125 Å². The summed E-state index contributed by atoms with van der Waals surface area (Å²) >= 11 is 0. The molecule has 1 aliphatic heterocycles. The molecule has 2 N–H and O–H groups in total. The molecule has 0 spiro atoms. The Hall–Kier alpha value is -1.88. The number of benzene rings is 1. The fourth-order valence-electron chi connectivity index (χ4n) is 2.82. The second-order valence-electron chi connectivity index (χ2n) is 6.15. The minimum Gasteiger partial charge on any atom is -0.398 e. The molecule has 0 aliphatic carbocycles. The number of nitrogens with two attached hydrogens (primary N) is 1. The smallest absolute Gasteiger partial charge is 0.226 e. The molecule has 2 aromatic rings. The van der Waals surface area contributed by atoms with E-state index in [9.17, 15) is 0 Å². The molecule has 1 aromatic carbocycles.